The quantitative estimate of drug-likeness (QED) is 0.194. The molecule has 1 atom stereocenters. The Kier molecular flexibility index (Phi) is 21.0. The Morgan fingerprint density at radius 1 is 0.333 bits per heavy atom. The van der Waals surface area contributed by atoms with Crippen LogP contribution in [0.3, 0.4) is 0 Å². The second-order valence-corrected chi connectivity index (χ2v) is 8.18. The van der Waals surface area contributed by atoms with E-state index in [9.17, 15) is 0 Å². The smallest absolute Gasteiger partial charge is 0.0414 e. The topological polar surface area (TPSA) is 0 Å². The van der Waals surface area contributed by atoms with Crippen LogP contribution < -0.4 is 0 Å². The fourth-order valence-electron chi connectivity index (χ4n) is 3.88. The van der Waals surface area contributed by atoms with Gasteiger partial charge in [-0.2, -0.15) is 0 Å². The predicted octanol–water partition coefficient (Wildman–Crippen LogP) is 9.46. The highest BCUT2D eigenvalue weighted by atomic mass is 14.1. The summed E-state index contributed by atoms with van der Waals surface area (Å²) in [4.78, 5) is 0. The Bertz CT molecular complexity index is 208. The van der Waals surface area contributed by atoms with Gasteiger partial charge < -0.3 is 0 Å². The summed E-state index contributed by atoms with van der Waals surface area (Å²) in [7, 11) is 0. The van der Waals surface area contributed by atoms with E-state index in [4.69, 9.17) is 0 Å². The molecule has 24 heavy (non-hydrogen) atoms. The van der Waals surface area contributed by atoms with Gasteiger partial charge in [0.25, 0.3) is 0 Å². The molecule has 0 fully saturated rings. The Hall–Kier alpha value is 0. The maximum atomic E-state index is 2.35. The van der Waals surface area contributed by atoms with Crippen molar-refractivity contribution in [3.63, 3.8) is 0 Å². The average Bonchev–Trinajstić information content (AvgIpc) is 2.60. The van der Waals surface area contributed by atoms with Crippen LogP contribution in [0.2, 0.25) is 0 Å². The van der Waals surface area contributed by atoms with Crippen molar-refractivity contribution >= 4 is 0 Å². The number of hydrogen-bond acceptors (Lipinski definition) is 0. The first-order valence-corrected chi connectivity index (χ1v) is 11.8. The maximum Gasteiger partial charge on any atom is -0.0414 e. The third kappa shape index (κ3) is 18.3. The van der Waals surface area contributed by atoms with Crippen molar-refractivity contribution in [3.8, 4) is 0 Å². The van der Waals surface area contributed by atoms with Gasteiger partial charge in [-0.15, -0.1) is 0 Å². The Labute approximate surface area is 155 Å². The standard InChI is InChI=1S/C24H50/c1-4-7-10-12-13-14-15-16-18-20-23-24(21-9-6-3)22-19-17-11-8-5-2/h24H,4-23H2,1-3H3. The summed E-state index contributed by atoms with van der Waals surface area (Å²) in [5.74, 6) is 1.04. The molecule has 0 amide bonds. The maximum absolute atomic E-state index is 2.35. The number of unbranched alkanes of at least 4 members (excludes halogenated alkanes) is 14. The van der Waals surface area contributed by atoms with E-state index in [0.717, 1.165) is 5.92 Å². The predicted molar refractivity (Wildman–Crippen MR) is 113 cm³/mol. The third-order valence-corrected chi connectivity index (χ3v) is 5.65. The molecular weight excluding hydrogens is 288 g/mol. The molecule has 0 nitrogen and oxygen atoms in total. The van der Waals surface area contributed by atoms with Gasteiger partial charge in [0, 0.05) is 0 Å². The Balaban J connectivity index is 3.49. The van der Waals surface area contributed by atoms with Gasteiger partial charge in [-0.25, -0.2) is 0 Å². The SMILES string of the molecule is CCCCCCCCCCCCC(CCCC)CCCCCCC. The van der Waals surface area contributed by atoms with Crippen LogP contribution in [-0.4, -0.2) is 0 Å². The minimum Gasteiger partial charge on any atom is -0.0654 e. The van der Waals surface area contributed by atoms with Crippen LogP contribution in [-0.2, 0) is 0 Å². The van der Waals surface area contributed by atoms with Gasteiger partial charge in [-0.3, -0.25) is 0 Å². The van der Waals surface area contributed by atoms with Crippen LogP contribution in [0.1, 0.15) is 149 Å². The fourth-order valence-corrected chi connectivity index (χ4v) is 3.88. The first-order valence-electron chi connectivity index (χ1n) is 11.8. The average molecular weight is 339 g/mol. The van der Waals surface area contributed by atoms with Gasteiger partial charge >= 0.3 is 0 Å². The third-order valence-electron chi connectivity index (χ3n) is 5.65. The van der Waals surface area contributed by atoms with E-state index in [0.29, 0.717) is 0 Å². The lowest BCUT2D eigenvalue weighted by atomic mass is 9.90. The largest absolute Gasteiger partial charge is 0.0654 e. The van der Waals surface area contributed by atoms with Crippen molar-refractivity contribution in [3.05, 3.63) is 0 Å². The highest BCUT2D eigenvalue weighted by Gasteiger charge is 2.08. The van der Waals surface area contributed by atoms with Crippen LogP contribution in [0, 0.1) is 5.92 Å². The molecule has 1 unspecified atom stereocenters. The molecule has 0 aliphatic heterocycles. The number of rotatable bonds is 20. The van der Waals surface area contributed by atoms with Crippen LogP contribution in [0.25, 0.3) is 0 Å². The molecule has 0 radical (unpaired) electrons. The highest BCUT2D eigenvalue weighted by molar-refractivity contribution is 4.61. The second kappa shape index (κ2) is 21.0. The van der Waals surface area contributed by atoms with E-state index in [1.54, 1.807) is 0 Å². The second-order valence-electron chi connectivity index (χ2n) is 8.18. The first kappa shape index (κ1) is 24.0. The zero-order valence-electron chi connectivity index (χ0n) is 17.7. The van der Waals surface area contributed by atoms with Gasteiger partial charge in [0.05, 0.1) is 0 Å². The molecular formula is C24H50. The van der Waals surface area contributed by atoms with Crippen molar-refractivity contribution in [1.82, 2.24) is 0 Å². The Morgan fingerprint density at radius 3 is 1.00 bits per heavy atom. The van der Waals surface area contributed by atoms with E-state index in [-0.39, 0.29) is 0 Å². The van der Waals surface area contributed by atoms with Crippen LogP contribution in [0.5, 0.6) is 0 Å². The van der Waals surface area contributed by atoms with E-state index in [1.807, 2.05) is 0 Å². The van der Waals surface area contributed by atoms with Gasteiger partial charge in [0.2, 0.25) is 0 Å². The molecule has 0 aliphatic rings. The van der Waals surface area contributed by atoms with Crippen LogP contribution >= 0.6 is 0 Å². The molecule has 0 spiro atoms. The van der Waals surface area contributed by atoms with E-state index < -0.39 is 0 Å². The molecule has 0 saturated carbocycles. The molecule has 0 aromatic carbocycles. The summed E-state index contributed by atoms with van der Waals surface area (Å²) in [6.45, 7) is 6.97. The zero-order valence-corrected chi connectivity index (χ0v) is 17.7. The van der Waals surface area contributed by atoms with Crippen LogP contribution in [0.4, 0.5) is 0 Å². The summed E-state index contributed by atoms with van der Waals surface area (Å²) in [6, 6.07) is 0. The molecule has 0 rings (SSSR count). The highest BCUT2D eigenvalue weighted by Crippen LogP contribution is 2.24. The summed E-state index contributed by atoms with van der Waals surface area (Å²) >= 11 is 0. The minimum atomic E-state index is 1.04. The van der Waals surface area contributed by atoms with E-state index in [1.165, 1.54) is 128 Å². The summed E-state index contributed by atoms with van der Waals surface area (Å²) < 4.78 is 0. The van der Waals surface area contributed by atoms with Gasteiger partial charge in [-0.05, 0) is 5.92 Å². The first-order chi connectivity index (χ1) is 11.8. The lowest BCUT2D eigenvalue weighted by molar-refractivity contribution is 0.371. The molecule has 0 aromatic heterocycles. The molecule has 0 saturated heterocycles. The van der Waals surface area contributed by atoms with E-state index >= 15 is 0 Å². The summed E-state index contributed by atoms with van der Waals surface area (Å²) in [5.41, 5.74) is 0. The number of hydrogen-bond donors (Lipinski definition) is 0. The molecule has 0 N–H and O–H groups in total. The summed E-state index contributed by atoms with van der Waals surface area (Å²) in [6.07, 6.45) is 29.3. The summed E-state index contributed by atoms with van der Waals surface area (Å²) in [5, 5.41) is 0. The van der Waals surface area contributed by atoms with Crippen molar-refractivity contribution in [2.45, 2.75) is 149 Å². The normalized spacial score (nSPS) is 12.6. The Morgan fingerprint density at radius 2 is 0.625 bits per heavy atom. The van der Waals surface area contributed by atoms with Gasteiger partial charge in [-0.1, -0.05) is 149 Å². The molecule has 0 heterocycles. The molecule has 146 valence electrons. The lowest BCUT2D eigenvalue weighted by Crippen LogP contribution is -2.01. The lowest BCUT2D eigenvalue weighted by Gasteiger charge is -2.16. The van der Waals surface area contributed by atoms with Crippen LogP contribution in [0.15, 0.2) is 0 Å². The van der Waals surface area contributed by atoms with Crippen molar-refractivity contribution in [1.29, 1.82) is 0 Å². The fraction of sp³-hybridized carbons (Fsp3) is 1.00. The molecule has 0 bridgehead atoms. The molecule has 0 aliphatic carbocycles. The van der Waals surface area contributed by atoms with Gasteiger partial charge in [0.1, 0.15) is 0 Å². The van der Waals surface area contributed by atoms with Gasteiger partial charge in [0.15, 0.2) is 0 Å². The van der Waals surface area contributed by atoms with E-state index in [2.05, 4.69) is 20.8 Å². The zero-order chi connectivity index (χ0) is 17.7. The molecule has 0 aromatic rings. The molecule has 0 heteroatoms. The minimum absolute atomic E-state index is 1.04. The van der Waals surface area contributed by atoms with Crippen molar-refractivity contribution in [2.75, 3.05) is 0 Å². The van der Waals surface area contributed by atoms with Crippen molar-refractivity contribution in [2.24, 2.45) is 5.92 Å². The monoisotopic (exact) mass is 338 g/mol. The van der Waals surface area contributed by atoms with Crippen molar-refractivity contribution < 1.29 is 0 Å².